The molecule has 15 heavy (non-hydrogen) atoms. The van der Waals surface area contributed by atoms with Crippen molar-refractivity contribution in [3.8, 4) is 0 Å². The van der Waals surface area contributed by atoms with Crippen molar-refractivity contribution in [2.45, 2.75) is 38.1 Å². The molecule has 1 aromatic rings. The van der Waals surface area contributed by atoms with Gasteiger partial charge in [-0.05, 0) is 18.6 Å². The van der Waals surface area contributed by atoms with Gasteiger partial charge in [0.1, 0.15) is 5.76 Å². The zero-order valence-electron chi connectivity index (χ0n) is 9.06. The molecule has 1 heterocycles. The number of hydrogen-bond donors (Lipinski definition) is 2. The van der Waals surface area contributed by atoms with Crippen molar-refractivity contribution in [3.05, 3.63) is 24.2 Å². The first kappa shape index (κ1) is 11.8. The van der Waals surface area contributed by atoms with Gasteiger partial charge in [-0.3, -0.25) is 4.79 Å². The third-order valence-corrected chi connectivity index (χ3v) is 2.86. The van der Waals surface area contributed by atoms with Gasteiger partial charge in [0, 0.05) is 6.04 Å². The van der Waals surface area contributed by atoms with E-state index in [2.05, 4.69) is 0 Å². The summed E-state index contributed by atoms with van der Waals surface area (Å²) < 4.78 is 5.28. The molecule has 1 aromatic heterocycles. The predicted molar refractivity (Wildman–Crippen MR) is 56.6 cm³/mol. The predicted octanol–water partition coefficient (Wildman–Crippen LogP) is 1.75. The Morgan fingerprint density at radius 2 is 2.40 bits per heavy atom. The summed E-state index contributed by atoms with van der Waals surface area (Å²) in [5.41, 5.74) is 5.33. The lowest BCUT2D eigenvalue weighted by atomic mass is 9.76. The maximum absolute atomic E-state index is 10.8. The van der Waals surface area contributed by atoms with Gasteiger partial charge in [0.25, 0.3) is 0 Å². The summed E-state index contributed by atoms with van der Waals surface area (Å²) in [6, 6.07) is 3.30. The van der Waals surface area contributed by atoms with Gasteiger partial charge in [0.15, 0.2) is 0 Å². The van der Waals surface area contributed by atoms with Crippen molar-refractivity contribution in [1.82, 2.24) is 0 Å². The van der Waals surface area contributed by atoms with Crippen LogP contribution in [0, 0.1) is 0 Å². The summed E-state index contributed by atoms with van der Waals surface area (Å²) in [6.45, 7) is 3.77. The van der Waals surface area contributed by atoms with E-state index in [1.807, 2.05) is 13.8 Å². The topological polar surface area (TPSA) is 76.5 Å². The number of rotatable bonds is 5. The van der Waals surface area contributed by atoms with Crippen molar-refractivity contribution in [1.29, 1.82) is 0 Å². The second-order valence-corrected chi connectivity index (χ2v) is 3.98. The van der Waals surface area contributed by atoms with Gasteiger partial charge in [-0.15, -0.1) is 0 Å². The van der Waals surface area contributed by atoms with Crippen LogP contribution >= 0.6 is 0 Å². The lowest BCUT2D eigenvalue weighted by Gasteiger charge is -2.31. The second-order valence-electron chi connectivity index (χ2n) is 3.98. The minimum absolute atomic E-state index is 0.0183. The molecule has 0 saturated heterocycles. The molecule has 0 radical (unpaired) electrons. The van der Waals surface area contributed by atoms with E-state index in [0.717, 1.165) is 0 Å². The normalized spacial score (nSPS) is 17.0. The van der Waals surface area contributed by atoms with Crippen LogP contribution in [0.15, 0.2) is 22.8 Å². The van der Waals surface area contributed by atoms with Crippen molar-refractivity contribution in [2.24, 2.45) is 5.73 Å². The first-order valence-electron chi connectivity index (χ1n) is 5.02. The van der Waals surface area contributed by atoms with E-state index in [0.29, 0.717) is 12.2 Å². The molecule has 4 heteroatoms. The van der Waals surface area contributed by atoms with E-state index in [-0.39, 0.29) is 12.5 Å². The quantitative estimate of drug-likeness (QED) is 0.777. The SMILES string of the molecule is CCC(N)C(C)(CC(=O)O)c1ccco1. The number of carbonyl (C=O) groups is 1. The molecule has 0 spiro atoms. The van der Waals surface area contributed by atoms with Gasteiger partial charge in [0.2, 0.25) is 0 Å². The number of aliphatic carboxylic acids is 1. The Kier molecular flexibility index (Phi) is 3.52. The molecule has 0 amide bonds. The van der Waals surface area contributed by atoms with Gasteiger partial charge < -0.3 is 15.3 Å². The van der Waals surface area contributed by atoms with Crippen LogP contribution in [-0.4, -0.2) is 17.1 Å². The van der Waals surface area contributed by atoms with Crippen LogP contribution < -0.4 is 5.73 Å². The molecule has 0 aliphatic rings. The Morgan fingerprint density at radius 3 is 2.80 bits per heavy atom. The van der Waals surface area contributed by atoms with E-state index in [4.69, 9.17) is 15.3 Å². The highest BCUT2D eigenvalue weighted by Crippen LogP contribution is 2.32. The summed E-state index contributed by atoms with van der Waals surface area (Å²) in [4.78, 5) is 10.8. The fourth-order valence-corrected chi connectivity index (χ4v) is 1.77. The van der Waals surface area contributed by atoms with Crippen LogP contribution in [0.4, 0.5) is 0 Å². The Hall–Kier alpha value is -1.29. The van der Waals surface area contributed by atoms with Crippen molar-refractivity contribution >= 4 is 5.97 Å². The van der Waals surface area contributed by atoms with Crippen molar-refractivity contribution in [3.63, 3.8) is 0 Å². The lowest BCUT2D eigenvalue weighted by Crippen LogP contribution is -2.44. The molecule has 4 nitrogen and oxygen atoms in total. The smallest absolute Gasteiger partial charge is 0.304 e. The summed E-state index contributed by atoms with van der Waals surface area (Å²) in [5, 5.41) is 8.90. The maximum atomic E-state index is 10.8. The van der Waals surface area contributed by atoms with Crippen molar-refractivity contribution < 1.29 is 14.3 Å². The summed E-state index contributed by atoms with van der Waals surface area (Å²) >= 11 is 0. The number of furan rings is 1. The summed E-state index contributed by atoms with van der Waals surface area (Å²) in [6.07, 6.45) is 2.23. The third kappa shape index (κ3) is 2.39. The molecule has 0 aromatic carbocycles. The fourth-order valence-electron chi connectivity index (χ4n) is 1.77. The molecular formula is C11H17NO3. The summed E-state index contributed by atoms with van der Waals surface area (Å²) in [7, 11) is 0. The lowest BCUT2D eigenvalue weighted by molar-refractivity contribution is -0.138. The molecule has 1 rings (SSSR count). The van der Waals surface area contributed by atoms with E-state index in [9.17, 15) is 4.79 Å². The van der Waals surface area contributed by atoms with Crippen LogP contribution in [0.2, 0.25) is 0 Å². The molecule has 0 bridgehead atoms. The first-order valence-corrected chi connectivity index (χ1v) is 5.02. The van der Waals surface area contributed by atoms with Gasteiger partial charge in [-0.1, -0.05) is 13.8 Å². The third-order valence-electron chi connectivity index (χ3n) is 2.86. The highest BCUT2D eigenvalue weighted by molar-refractivity contribution is 5.69. The first-order chi connectivity index (χ1) is 7.00. The number of hydrogen-bond acceptors (Lipinski definition) is 3. The number of carboxylic acid groups (broad SMARTS) is 1. The average Bonchev–Trinajstić information content (AvgIpc) is 2.68. The zero-order chi connectivity index (χ0) is 11.5. The molecule has 0 fully saturated rings. The fraction of sp³-hybridized carbons (Fsp3) is 0.545. The van der Waals surface area contributed by atoms with Crippen LogP contribution in [0.5, 0.6) is 0 Å². The Morgan fingerprint density at radius 1 is 1.73 bits per heavy atom. The Balaban J connectivity index is 3.01. The minimum atomic E-state index is -0.863. The molecule has 2 unspecified atom stereocenters. The van der Waals surface area contributed by atoms with Gasteiger partial charge in [-0.25, -0.2) is 0 Å². The Labute approximate surface area is 89.1 Å². The van der Waals surface area contributed by atoms with Crippen LogP contribution in [0.3, 0.4) is 0 Å². The van der Waals surface area contributed by atoms with Crippen LogP contribution in [-0.2, 0) is 10.2 Å². The van der Waals surface area contributed by atoms with Gasteiger partial charge in [0.05, 0.1) is 18.1 Å². The number of nitrogens with two attached hydrogens (primary N) is 1. The molecule has 84 valence electrons. The molecule has 0 saturated carbocycles. The van der Waals surface area contributed by atoms with Crippen LogP contribution in [0.25, 0.3) is 0 Å². The van der Waals surface area contributed by atoms with Gasteiger partial charge >= 0.3 is 5.97 Å². The van der Waals surface area contributed by atoms with Crippen molar-refractivity contribution in [2.75, 3.05) is 0 Å². The molecule has 2 atom stereocenters. The maximum Gasteiger partial charge on any atom is 0.304 e. The van der Waals surface area contributed by atoms with Crippen LogP contribution in [0.1, 0.15) is 32.4 Å². The average molecular weight is 211 g/mol. The van der Waals surface area contributed by atoms with E-state index in [1.54, 1.807) is 12.1 Å². The molecular weight excluding hydrogens is 194 g/mol. The highest BCUT2D eigenvalue weighted by Gasteiger charge is 2.37. The number of carboxylic acids is 1. The zero-order valence-corrected chi connectivity index (χ0v) is 9.06. The monoisotopic (exact) mass is 211 g/mol. The minimum Gasteiger partial charge on any atom is -0.481 e. The molecule has 0 aliphatic carbocycles. The molecule has 0 aliphatic heterocycles. The van der Waals surface area contributed by atoms with E-state index < -0.39 is 11.4 Å². The second kappa shape index (κ2) is 4.49. The van der Waals surface area contributed by atoms with E-state index in [1.165, 1.54) is 6.26 Å². The van der Waals surface area contributed by atoms with E-state index >= 15 is 0 Å². The highest BCUT2D eigenvalue weighted by atomic mass is 16.4. The van der Waals surface area contributed by atoms with Gasteiger partial charge in [-0.2, -0.15) is 0 Å². The molecule has 3 N–H and O–H groups in total. The largest absolute Gasteiger partial charge is 0.481 e. The standard InChI is InChI=1S/C11H17NO3/c1-3-8(12)11(2,7-10(13)14)9-5-4-6-15-9/h4-6,8H,3,7,12H2,1-2H3,(H,13,14). The summed E-state index contributed by atoms with van der Waals surface area (Å²) in [5.74, 6) is -0.225. The Bertz CT molecular complexity index is 321.